The Hall–Kier alpha value is -1.10. The van der Waals surface area contributed by atoms with Crippen LogP contribution in [-0.4, -0.2) is 24.0 Å². The summed E-state index contributed by atoms with van der Waals surface area (Å²) < 4.78 is 0.851. The maximum Gasteiger partial charge on any atom is 0.239 e. The van der Waals surface area contributed by atoms with Crippen LogP contribution in [0.2, 0.25) is 0 Å². The lowest BCUT2D eigenvalue weighted by Crippen LogP contribution is -2.29. The predicted octanol–water partition coefficient (Wildman–Crippen LogP) is 1.39. The lowest BCUT2D eigenvalue weighted by atomic mass is 10.4. The molecule has 0 saturated carbocycles. The molecular formula is C9H12BrN3O. The summed E-state index contributed by atoms with van der Waals surface area (Å²) in [5.74, 6) is -0.0174. The van der Waals surface area contributed by atoms with Crippen molar-refractivity contribution in [3.63, 3.8) is 0 Å². The predicted molar refractivity (Wildman–Crippen MR) is 59.1 cm³/mol. The van der Waals surface area contributed by atoms with E-state index in [4.69, 9.17) is 0 Å². The first-order valence-corrected chi connectivity index (χ1v) is 5.13. The zero-order chi connectivity index (χ0) is 10.4. The van der Waals surface area contributed by atoms with E-state index in [0.717, 1.165) is 10.2 Å². The quantitative estimate of drug-likeness (QED) is 0.858. The Morgan fingerprint density at radius 3 is 3.07 bits per heavy atom. The van der Waals surface area contributed by atoms with Crippen molar-refractivity contribution in [3.8, 4) is 0 Å². The number of amides is 1. The second-order valence-electron chi connectivity index (χ2n) is 2.66. The molecule has 0 unspecified atom stereocenters. The van der Waals surface area contributed by atoms with Gasteiger partial charge in [0, 0.05) is 18.9 Å². The van der Waals surface area contributed by atoms with Gasteiger partial charge in [0.05, 0.1) is 16.7 Å². The van der Waals surface area contributed by atoms with Gasteiger partial charge in [0.1, 0.15) is 0 Å². The Kier molecular flexibility index (Phi) is 4.39. The van der Waals surface area contributed by atoms with E-state index < -0.39 is 0 Å². The van der Waals surface area contributed by atoms with Crippen LogP contribution in [0.25, 0.3) is 0 Å². The van der Waals surface area contributed by atoms with Crippen molar-refractivity contribution in [2.75, 3.05) is 18.4 Å². The van der Waals surface area contributed by atoms with E-state index in [1.807, 2.05) is 13.0 Å². The van der Waals surface area contributed by atoms with E-state index in [-0.39, 0.29) is 12.5 Å². The third-order valence-corrected chi connectivity index (χ3v) is 2.22. The van der Waals surface area contributed by atoms with Crippen molar-refractivity contribution in [2.45, 2.75) is 6.92 Å². The van der Waals surface area contributed by atoms with Crippen molar-refractivity contribution in [3.05, 3.63) is 22.9 Å². The van der Waals surface area contributed by atoms with Gasteiger partial charge in [0.25, 0.3) is 0 Å². The number of anilines is 1. The Morgan fingerprint density at radius 2 is 2.43 bits per heavy atom. The van der Waals surface area contributed by atoms with Gasteiger partial charge in [0.15, 0.2) is 0 Å². The van der Waals surface area contributed by atoms with E-state index in [1.165, 1.54) is 0 Å². The number of nitrogens with one attached hydrogen (secondary N) is 2. The highest BCUT2D eigenvalue weighted by atomic mass is 79.9. The molecule has 0 fully saturated rings. The number of hydrogen-bond donors (Lipinski definition) is 2. The smallest absolute Gasteiger partial charge is 0.239 e. The fourth-order valence-corrected chi connectivity index (χ4v) is 1.34. The van der Waals surface area contributed by atoms with Crippen molar-refractivity contribution >= 4 is 27.5 Å². The van der Waals surface area contributed by atoms with E-state index in [1.54, 1.807) is 12.4 Å². The maximum absolute atomic E-state index is 11.1. The Balaban J connectivity index is 2.46. The highest BCUT2D eigenvalue weighted by Crippen LogP contribution is 2.19. The lowest BCUT2D eigenvalue weighted by molar-refractivity contribution is -0.119. The second kappa shape index (κ2) is 5.59. The Bertz CT molecular complexity index is 317. The van der Waals surface area contributed by atoms with Crippen LogP contribution in [0.15, 0.2) is 22.9 Å². The lowest BCUT2D eigenvalue weighted by Gasteiger charge is -2.07. The first kappa shape index (κ1) is 11.0. The Labute approximate surface area is 91.2 Å². The third-order valence-electron chi connectivity index (χ3n) is 1.59. The number of halogens is 1. The maximum atomic E-state index is 11.1. The minimum absolute atomic E-state index is 0.0174. The molecule has 0 aliphatic heterocycles. The van der Waals surface area contributed by atoms with Crippen LogP contribution in [0.3, 0.4) is 0 Å². The van der Waals surface area contributed by atoms with E-state index in [2.05, 4.69) is 31.5 Å². The molecule has 0 saturated heterocycles. The summed E-state index contributed by atoms with van der Waals surface area (Å²) in [6, 6.07) is 1.81. The summed E-state index contributed by atoms with van der Waals surface area (Å²) in [4.78, 5) is 15.0. The number of aromatic nitrogens is 1. The van der Waals surface area contributed by atoms with Crippen LogP contribution >= 0.6 is 15.9 Å². The molecule has 14 heavy (non-hydrogen) atoms. The average molecular weight is 258 g/mol. The zero-order valence-electron chi connectivity index (χ0n) is 7.88. The van der Waals surface area contributed by atoms with Gasteiger partial charge in [-0.15, -0.1) is 0 Å². The number of hydrogen-bond acceptors (Lipinski definition) is 3. The van der Waals surface area contributed by atoms with Gasteiger partial charge in [-0.2, -0.15) is 0 Å². The molecule has 2 N–H and O–H groups in total. The topological polar surface area (TPSA) is 54.0 Å². The summed E-state index contributed by atoms with van der Waals surface area (Å²) in [5.41, 5.74) is 0.867. The molecular weight excluding hydrogens is 246 g/mol. The van der Waals surface area contributed by atoms with Crippen LogP contribution in [0.4, 0.5) is 5.69 Å². The number of pyridine rings is 1. The van der Waals surface area contributed by atoms with Crippen LogP contribution in [0.1, 0.15) is 6.92 Å². The number of carbonyl (C=O) groups excluding carboxylic acids is 1. The standard InChI is InChI=1S/C9H12BrN3O/c1-2-12-9(14)6-13-8-3-4-11-5-7(8)10/h3-5H,2,6H2,1H3,(H,11,13)(H,12,14). The number of rotatable bonds is 4. The molecule has 0 bridgehead atoms. The molecule has 0 atom stereocenters. The summed E-state index contributed by atoms with van der Waals surface area (Å²) in [7, 11) is 0. The molecule has 5 heteroatoms. The average Bonchev–Trinajstić information content (AvgIpc) is 2.17. The third kappa shape index (κ3) is 3.33. The first-order chi connectivity index (χ1) is 6.74. The van der Waals surface area contributed by atoms with Gasteiger partial charge in [-0.3, -0.25) is 9.78 Å². The SMILES string of the molecule is CCNC(=O)CNc1ccncc1Br. The summed E-state index contributed by atoms with van der Waals surface area (Å²) in [6.45, 7) is 2.81. The molecule has 0 aromatic carbocycles. The van der Waals surface area contributed by atoms with Crippen LogP contribution in [0, 0.1) is 0 Å². The van der Waals surface area contributed by atoms with Crippen molar-refractivity contribution in [2.24, 2.45) is 0 Å². The molecule has 0 aliphatic rings. The molecule has 76 valence electrons. The second-order valence-corrected chi connectivity index (χ2v) is 3.52. The van der Waals surface area contributed by atoms with Gasteiger partial charge < -0.3 is 10.6 Å². The van der Waals surface area contributed by atoms with Gasteiger partial charge in [-0.05, 0) is 28.9 Å². The van der Waals surface area contributed by atoms with Crippen LogP contribution in [-0.2, 0) is 4.79 Å². The number of likely N-dealkylation sites (N-methyl/N-ethyl adjacent to an activating group) is 1. The van der Waals surface area contributed by atoms with Gasteiger partial charge in [0.2, 0.25) is 5.91 Å². The molecule has 4 nitrogen and oxygen atoms in total. The van der Waals surface area contributed by atoms with Crippen molar-refractivity contribution in [1.82, 2.24) is 10.3 Å². The molecule has 0 spiro atoms. The molecule has 1 rings (SSSR count). The molecule has 1 heterocycles. The fourth-order valence-electron chi connectivity index (χ4n) is 0.954. The summed E-state index contributed by atoms with van der Waals surface area (Å²) in [6.07, 6.45) is 3.35. The Morgan fingerprint density at radius 1 is 1.64 bits per heavy atom. The van der Waals surface area contributed by atoms with Crippen LogP contribution in [0.5, 0.6) is 0 Å². The van der Waals surface area contributed by atoms with Gasteiger partial charge in [-0.25, -0.2) is 0 Å². The van der Waals surface area contributed by atoms with Crippen molar-refractivity contribution < 1.29 is 4.79 Å². The normalized spacial score (nSPS) is 9.57. The van der Waals surface area contributed by atoms with E-state index in [9.17, 15) is 4.79 Å². The largest absolute Gasteiger partial charge is 0.375 e. The molecule has 1 amide bonds. The number of carbonyl (C=O) groups is 1. The van der Waals surface area contributed by atoms with Gasteiger partial charge in [-0.1, -0.05) is 0 Å². The molecule has 1 aromatic heterocycles. The van der Waals surface area contributed by atoms with Gasteiger partial charge >= 0.3 is 0 Å². The first-order valence-electron chi connectivity index (χ1n) is 4.34. The zero-order valence-corrected chi connectivity index (χ0v) is 9.47. The van der Waals surface area contributed by atoms with Crippen molar-refractivity contribution in [1.29, 1.82) is 0 Å². The monoisotopic (exact) mass is 257 g/mol. The minimum atomic E-state index is -0.0174. The summed E-state index contributed by atoms with van der Waals surface area (Å²) in [5, 5.41) is 5.70. The summed E-state index contributed by atoms with van der Waals surface area (Å²) >= 11 is 3.33. The minimum Gasteiger partial charge on any atom is -0.375 e. The number of nitrogens with zero attached hydrogens (tertiary/aromatic N) is 1. The highest BCUT2D eigenvalue weighted by molar-refractivity contribution is 9.10. The van der Waals surface area contributed by atoms with E-state index in [0.29, 0.717) is 6.54 Å². The molecule has 1 aromatic rings. The van der Waals surface area contributed by atoms with Crippen LogP contribution < -0.4 is 10.6 Å². The van der Waals surface area contributed by atoms with E-state index >= 15 is 0 Å². The highest BCUT2D eigenvalue weighted by Gasteiger charge is 2.01. The fraction of sp³-hybridized carbons (Fsp3) is 0.333. The molecule has 0 radical (unpaired) electrons. The molecule has 0 aliphatic carbocycles.